The molecule has 2 unspecified atom stereocenters. The summed E-state index contributed by atoms with van der Waals surface area (Å²) in [7, 11) is 0. The molecular formula is C23H23ClF4N4O5. The number of anilines is 1. The highest BCUT2D eigenvalue weighted by atomic mass is 35.5. The van der Waals surface area contributed by atoms with E-state index >= 15 is 4.39 Å². The van der Waals surface area contributed by atoms with Gasteiger partial charge in [-0.3, -0.25) is 4.79 Å². The van der Waals surface area contributed by atoms with E-state index in [9.17, 15) is 27.9 Å². The Balaban J connectivity index is 0.000000405. The van der Waals surface area contributed by atoms with E-state index in [0.717, 1.165) is 50.2 Å². The van der Waals surface area contributed by atoms with Gasteiger partial charge in [-0.15, -0.1) is 0 Å². The van der Waals surface area contributed by atoms with Crippen molar-refractivity contribution in [1.82, 2.24) is 9.55 Å². The predicted molar refractivity (Wildman–Crippen MR) is 125 cm³/mol. The Morgan fingerprint density at radius 1 is 1.11 bits per heavy atom. The highest BCUT2D eigenvalue weighted by Crippen LogP contribution is 2.44. The summed E-state index contributed by atoms with van der Waals surface area (Å²) in [6.45, 7) is 0.304. The minimum atomic E-state index is -5.08. The number of nitrogens with zero attached hydrogens (tertiary/aromatic N) is 3. The van der Waals surface area contributed by atoms with Crippen LogP contribution in [0.1, 0.15) is 54.9 Å². The quantitative estimate of drug-likeness (QED) is 0.492. The zero-order valence-corrected chi connectivity index (χ0v) is 20.0. The number of hydrogen-bond acceptors (Lipinski definition) is 6. The number of rotatable bonds is 4. The molecule has 2 saturated heterocycles. The first-order valence-corrected chi connectivity index (χ1v) is 11.8. The molecule has 3 fully saturated rings. The number of halogens is 5. The number of aromatic nitrogens is 2. The summed E-state index contributed by atoms with van der Waals surface area (Å²) in [5, 5.41) is 17.2. The van der Waals surface area contributed by atoms with E-state index in [2.05, 4.69) is 4.98 Å². The number of aromatic carboxylic acids is 1. The van der Waals surface area contributed by atoms with Crippen molar-refractivity contribution in [2.75, 3.05) is 11.4 Å². The van der Waals surface area contributed by atoms with Gasteiger partial charge < -0.3 is 25.4 Å². The number of fused-ring (bicyclic) bond motifs is 3. The van der Waals surface area contributed by atoms with Gasteiger partial charge in [0.05, 0.1) is 5.39 Å². The summed E-state index contributed by atoms with van der Waals surface area (Å²) in [6.07, 6.45) is 1.30. The van der Waals surface area contributed by atoms with Crippen LogP contribution in [0.5, 0.6) is 0 Å². The molecule has 0 radical (unpaired) electrons. The number of carboxylic acid groups (broad SMARTS) is 2. The number of nitrogens with two attached hydrogens (primary N) is 1. The Kier molecular flexibility index (Phi) is 7.21. The van der Waals surface area contributed by atoms with Crippen molar-refractivity contribution in [2.24, 2.45) is 5.73 Å². The molecule has 1 aliphatic carbocycles. The zero-order valence-electron chi connectivity index (χ0n) is 19.3. The van der Waals surface area contributed by atoms with Crippen LogP contribution in [0, 0.1) is 5.82 Å². The standard InChI is InChI=1S/C21H22ClFN4O3.C2HF3O2/c22-16(8-24)10-5-12-3-4-13(6-10)27(12)20-17(23)7-14-18(28)15(21(29)30)9-26(11-1-2-11)19(14)25-20;3-2(4,5)1(6)7/h7,9,11-13H,1-6,8,24H2,(H,29,30);(H,6,7). The van der Waals surface area contributed by atoms with Crippen LogP contribution in [0.4, 0.5) is 23.4 Å². The lowest BCUT2D eigenvalue weighted by Crippen LogP contribution is -2.42. The van der Waals surface area contributed by atoms with Crippen LogP contribution in [0.25, 0.3) is 11.0 Å². The molecule has 2 bridgehead atoms. The molecule has 2 aromatic rings. The number of hydrogen-bond donors (Lipinski definition) is 3. The number of carbonyl (C=O) groups is 2. The normalized spacial score (nSPS) is 21.0. The van der Waals surface area contributed by atoms with E-state index in [1.54, 1.807) is 4.57 Å². The fourth-order valence-corrected chi connectivity index (χ4v) is 5.08. The van der Waals surface area contributed by atoms with Gasteiger partial charge in [0, 0.05) is 35.9 Å². The molecule has 2 atom stereocenters. The van der Waals surface area contributed by atoms with E-state index < -0.39 is 29.4 Å². The van der Waals surface area contributed by atoms with Crippen molar-refractivity contribution in [1.29, 1.82) is 0 Å². The van der Waals surface area contributed by atoms with E-state index in [-0.39, 0.29) is 34.9 Å². The Morgan fingerprint density at radius 3 is 2.11 bits per heavy atom. The first-order chi connectivity index (χ1) is 17.3. The third kappa shape index (κ3) is 5.28. The molecule has 2 aromatic heterocycles. The van der Waals surface area contributed by atoms with Crippen molar-refractivity contribution in [3.63, 3.8) is 0 Å². The second-order valence-corrected chi connectivity index (χ2v) is 9.65. The van der Waals surface area contributed by atoms with Crippen LogP contribution in [0.2, 0.25) is 0 Å². The van der Waals surface area contributed by atoms with Crippen LogP contribution in [0.3, 0.4) is 0 Å². The highest BCUT2D eigenvalue weighted by Gasteiger charge is 2.41. The summed E-state index contributed by atoms with van der Waals surface area (Å²) < 4.78 is 48.7. The summed E-state index contributed by atoms with van der Waals surface area (Å²) in [6, 6.07) is 1.41. The Hall–Kier alpha value is -3.19. The molecule has 200 valence electrons. The summed E-state index contributed by atoms with van der Waals surface area (Å²) in [5.41, 5.74) is 6.12. The first-order valence-electron chi connectivity index (χ1n) is 11.5. The van der Waals surface area contributed by atoms with Gasteiger partial charge in [0.1, 0.15) is 11.2 Å². The molecule has 0 spiro atoms. The molecule has 4 N–H and O–H groups in total. The molecule has 3 aliphatic rings. The SMILES string of the molecule is NCC(Cl)=C1CC2CCC(C1)N2c1nc2c(cc1F)c(=O)c(C(=O)O)cn2C1CC1.O=C(O)C(F)(F)F. The van der Waals surface area contributed by atoms with Crippen molar-refractivity contribution in [3.8, 4) is 0 Å². The number of pyridine rings is 2. The number of alkyl halides is 3. The highest BCUT2D eigenvalue weighted by molar-refractivity contribution is 6.30. The van der Waals surface area contributed by atoms with E-state index in [4.69, 9.17) is 27.2 Å². The molecule has 1 saturated carbocycles. The number of aliphatic carboxylic acids is 1. The maximum Gasteiger partial charge on any atom is 0.490 e. The second kappa shape index (κ2) is 9.93. The van der Waals surface area contributed by atoms with E-state index in [0.29, 0.717) is 17.2 Å². The molecule has 9 nitrogen and oxygen atoms in total. The van der Waals surface area contributed by atoms with Crippen molar-refractivity contribution in [2.45, 2.75) is 62.8 Å². The molecule has 5 rings (SSSR count). The summed E-state index contributed by atoms with van der Waals surface area (Å²) >= 11 is 6.29. The van der Waals surface area contributed by atoms with Crippen molar-refractivity contribution in [3.05, 3.63) is 44.5 Å². The van der Waals surface area contributed by atoms with Crippen molar-refractivity contribution >= 4 is 40.4 Å². The predicted octanol–water partition coefficient (Wildman–Crippen LogP) is 3.78. The van der Waals surface area contributed by atoms with Crippen LogP contribution >= 0.6 is 11.6 Å². The fourth-order valence-electron chi connectivity index (χ4n) is 4.93. The smallest absolute Gasteiger partial charge is 0.477 e. The number of carboxylic acids is 2. The minimum absolute atomic E-state index is 0.0131. The van der Waals surface area contributed by atoms with Gasteiger partial charge in [-0.1, -0.05) is 17.2 Å². The third-order valence-electron chi connectivity index (χ3n) is 6.74. The topological polar surface area (TPSA) is 139 Å². The van der Waals surface area contributed by atoms with Gasteiger partial charge >= 0.3 is 18.1 Å². The summed E-state index contributed by atoms with van der Waals surface area (Å²) in [4.78, 5) is 39.7. The zero-order chi connectivity index (χ0) is 27.2. The molecule has 37 heavy (non-hydrogen) atoms. The van der Waals surface area contributed by atoms with Gasteiger partial charge in [-0.2, -0.15) is 13.2 Å². The van der Waals surface area contributed by atoms with Gasteiger partial charge in [0.2, 0.25) is 5.43 Å². The van der Waals surface area contributed by atoms with Crippen molar-refractivity contribution < 1.29 is 37.4 Å². The summed E-state index contributed by atoms with van der Waals surface area (Å²) in [5.74, 6) is -4.44. The van der Waals surface area contributed by atoms with Gasteiger partial charge in [-0.25, -0.2) is 19.0 Å². The van der Waals surface area contributed by atoms with Crippen LogP contribution < -0.4 is 16.1 Å². The molecule has 14 heteroatoms. The maximum absolute atomic E-state index is 15.2. The van der Waals surface area contributed by atoms with Crippen LogP contribution in [-0.2, 0) is 4.79 Å². The third-order valence-corrected chi connectivity index (χ3v) is 7.17. The van der Waals surface area contributed by atoms with Crippen LogP contribution in [-0.4, -0.2) is 56.5 Å². The van der Waals surface area contributed by atoms with Gasteiger partial charge in [0.15, 0.2) is 11.6 Å². The molecule has 0 aromatic carbocycles. The molecule has 4 heterocycles. The lowest BCUT2D eigenvalue weighted by molar-refractivity contribution is -0.192. The lowest BCUT2D eigenvalue weighted by Gasteiger charge is -2.37. The van der Waals surface area contributed by atoms with E-state index in [1.807, 2.05) is 4.90 Å². The van der Waals surface area contributed by atoms with E-state index in [1.165, 1.54) is 6.20 Å². The monoisotopic (exact) mass is 546 g/mol. The Bertz CT molecular complexity index is 1340. The average Bonchev–Trinajstić information content (AvgIpc) is 3.63. The largest absolute Gasteiger partial charge is 0.490 e. The van der Waals surface area contributed by atoms with Gasteiger partial charge in [-0.05, 0) is 44.6 Å². The first kappa shape index (κ1) is 26.9. The average molecular weight is 547 g/mol. The molecule has 2 aliphatic heterocycles. The maximum atomic E-state index is 15.2. The lowest BCUT2D eigenvalue weighted by atomic mass is 9.96. The second-order valence-electron chi connectivity index (χ2n) is 9.20. The molecule has 0 amide bonds. The van der Waals surface area contributed by atoms with Gasteiger partial charge in [0.25, 0.3) is 0 Å². The fraction of sp³-hybridized carbons (Fsp3) is 0.478. The van der Waals surface area contributed by atoms with Crippen LogP contribution in [0.15, 0.2) is 27.7 Å². The molecular weight excluding hydrogens is 524 g/mol. The number of piperidine rings is 1. The minimum Gasteiger partial charge on any atom is -0.477 e. The Labute approximate surface area is 212 Å². The Morgan fingerprint density at radius 2 is 1.65 bits per heavy atom.